The smallest absolute Gasteiger partial charge is 0.208 e. The molecular formula is C9H15NO2S. The van der Waals surface area contributed by atoms with Crippen molar-refractivity contribution >= 4 is 11.8 Å². The van der Waals surface area contributed by atoms with Gasteiger partial charge >= 0.3 is 0 Å². The van der Waals surface area contributed by atoms with Gasteiger partial charge in [-0.05, 0) is 12.2 Å². The third-order valence-corrected chi connectivity index (χ3v) is 2.66. The van der Waals surface area contributed by atoms with E-state index in [1.54, 1.807) is 6.07 Å². The van der Waals surface area contributed by atoms with Gasteiger partial charge < -0.3 is 10.2 Å². The molecule has 0 aliphatic carbocycles. The van der Waals surface area contributed by atoms with Crippen molar-refractivity contribution in [3.8, 4) is 11.8 Å². The van der Waals surface area contributed by atoms with Gasteiger partial charge in [0.05, 0.1) is 4.90 Å². The van der Waals surface area contributed by atoms with Crippen molar-refractivity contribution in [3.05, 3.63) is 6.07 Å². The Kier molecular flexibility index (Phi) is 3.54. The van der Waals surface area contributed by atoms with Crippen LogP contribution >= 0.6 is 11.8 Å². The van der Waals surface area contributed by atoms with Crippen molar-refractivity contribution in [3.63, 3.8) is 0 Å². The first-order chi connectivity index (χ1) is 6.20. The molecule has 0 unspecified atom stereocenters. The molecule has 0 fully saturated rings. The van der Waals surface area contributed by atoms with E-state index in [-0.39, 0.29) is 11.8 Å². The SMILES string of the molecule is CCCn1c(O)cc(SCC)c1O. The van der Waals surface area contributed by atoms with Crippen LogP contribution in [0.3, 0.4) is 0 Å². The summed E-state index contributed by atoms with van der Waals surface area (Å²) in [5.74, 6) is 1.23. The quantitative estimate of drug-likeness (QED) is 0.735. The van der Waals surface area contributed by atoms with Crippen LogP contribution in [0, 0.1) is 0 Å². The average Bonchev–Trinajstić information content (AvgIpc) is 2.34. The Morgan fingerprint density at radius 3 is 2.62 bits per heavy atom. The zero-order valence-electron chi connectivity index (χ0n) is 7.95. The van der Waals surface area contributed by atoms with Crippen LogP contribution in [0.5, 0.6) is 11.8 Å². The molecule has 2 N–H and O–H groups in total. The molecule has 0 saturated carbocycles. The van der Waals surface area contributed by atoms with Gasteiger partial charge in [0.1, 0.15) is 0 Å². The van der Waals surface area contributed by atoms with Crippen molar-refractivity contribution in [1.82, 2.24) is 4.57 Å². The summed E-state index contributed by atoms with van der Waals surface area (Å²) in [5, 5.41) is 19.1. The number of hydrogen-bond acceptors (Lipinski definition) is 3. The van der Waals surface area contributed by atoms with Crippen LogP contribution in [0.1, 0.15) is 20.3 Å². The summed E-state index contributed by atoms with van der Waals surface area (Å²) in [5.41, 5.74) is 0. The third-order valence-electron chi connectivity index (χ3n) is 1.76. The molecule has 1 aromatic rings. The molecule has 0 aliphatic heterocycles. The van der Waals surface area contributed by atoms with E-state index in [0.29, 0.717) is 6.54 Å². The molecule has 0 atom stereocenters. The van der Waals surface area contributed by atoms with E-state index in [0.717, 1.165) is 17.1 Å². The molecule has 0 radical (unpaired) electrons. The van der Waals surface area contributed by atoms with E-state index in [1.165, 1.54) is 16.3 Å². The van der Waals surface area contributed by atoms with Gasteiger partial charge in [0, 0.05) is 12.6 Å². The van der Waals surface area contributed by atoms with Gasteiger partial charge in [-0.2, -0.15) is 0 Å². The molecule has 1 heterocycles. The topological polar surface area (TPSA) is 45.4 Å². The van der Waals surface area contributed by atoms with E-state index in [2.05, 4.69) is 0 Å². The third kappa shape index (κ3) is 2.12. The van der Waals surface area contributed by atoms with Gasteiger partial charge in [0.15, 0.2) is 5.88 Å². The fraction of sp³-hybridized carbons (Fsp3) is 0.556. The number of rotatable bonds is 4. The molecule has 4 heteroatoms. The molecule has 1 aromatic heterocycles. The minimum absolute atomic E-state index is 0.148. The van der Waals surface area contributed by atoms with Gasteiger partial charge in [-0.15, -0.1) is 11.8 Å². The predicted molar refractivity (Wildman–Crippen MR) is 54.5 cm³/mol. The second-order valence-corrected chi connectivity index (χ2v) is 4.08. The monoisotopic (exact) mass is 201 g/mol. The van der Waals surface area contributed by atoms with Crippen LogP contribution in [0.15, 0.2) is 11.0 Å². The van der Waals surface area contributed by atoms with Crippen LogP contribution in [0.4, 0.5) is 0 Å². The molecule has 0 amide bonds. The van der Waals surface area contributed by atoms with Crippen molar-refractivity contribution in [2.24, 2.45) is 0 Å². The van der Waals surface area contributed by atoms with E-state index in [1.807, 2.05) is 13.8 Å². The number of aromatic hydroxyl groups is 2. The number of thioether (sulfide) groups is 1. The molecule has 1 rings (SSSR count). The summed E-state index contributed by atoms with van der Waals surface area (Å²) in [6.45, 7) is 4.67. The lowest BCUT2D eigenvalue weighted by Crippen LogP contribution is -1.94. The highest BCUT2D eigenvalue weighted by molar-refractivity contribution is 7.99. The van der Waals surface area contributed by atoms with E-state index in [9.17, 15) is 10.2 Å². The lowest BCUT2D eigenvalue weighted by atomic mass is 10.5. The van der Waals surface area contributed by atoms with Crippen LogP contribution in [0.2, 0.25) is 0 Å². The lowest BCUT2D eigenvalue weighted by Gasteiger charge is -2.03. The first-order valence-electron chi connectivity index (χ1n) is 4.45. The van der Waals surface area contributed by atoms with Gasteiger partial charge in [0.2, 0.25) is 5.88 Å². The summed E-state index contributed by atoms with van der Waals surface area (Å²) < 4.78 is 1.53. The molecule has 0 spiro atoms. The normalized spacial score (nSPS) is 10.6. The molecular weight excluding hydrogens is 186 g/mol. The summed E-state index contributed by atoms with van der Waals surface area (Å²) >= 11 is 1.53. The summed E-state index contributed by atoms with van der Waals surface area (Å²) in [6, 6.07) is 1.61. The van der Waals surface area contributed by atoms with E-state index < -0.39 is 0 Å². The highest BCUT2D eigenvalue weighted by Gasteiger charge is 2.12. The Labute approximate surface area is 82.4 Å². The highest BCUT2D eigenvalue weighted by atomic mass is 32.2. The van der Waals surface area contributed by atoms with E-state index in [4.69, 9.17) is 0 Å². The fourth-order valence-corrected chi connectivity index (χ4v) is 1.95. The van der Waals surface area contributed by atoms with Crippen molar-refractivity contribution < 1.29 is 10.2 Å². The van der Waals surface area contributed by atoms with Crippen LogP contribution in [0.25, 0.3) is 0 Å². The second-order valence-electron chi connectivity index (χ2n) is 2.78. The Morgan fingerprint density at radius 1 is 1.38 bits per heavy atom. The Balaban J connectivity index is 2.92. The highest BCUT2D eigenvalue weighted by Crippen LogP contribution is 2.35. The maximum Gasteiger partial charge on any atom is 0.208 e. The number of aromatic nitrogens is 1. The van der Waals surface area contributed by atoms with Crippen LogP contribution in [-0.2, 0) is 6.54 Å². The number of hydrogen-bond donors (Lipinski definition) is 2. The standard InChI is InChI=1S/C9H15NO2S/c1-3-5-10-8(11)6-7(9(10)12)13-4-2/h6,11-12H,3-5H2,1-2H3. The fourth-order valence-electron chi connectivity index (χ4n) is 1.21. The van der Waals surface area contributed by atoms with Crippen molar-refractivity contribution in [2.75, 3.05) is 5.75 Å². The summed E-state index contributed by atoms with van der Waals surface area (Å²) in [4.78, 5) is 0.758. The molecule has 0 aliphatic rings. The number of nitrogens with zero attached hydrogens (tertiary/aromatic N) is 1. The summed E-state index contributed by atoms with van der Waals surface area (Å²) in [7, 11) is 0. The molecule has 3 nitrogen and oxygen atoms in total. The largest absolute Gasteiger partial charge is 0.494 e. The first-order valence-corrected chi connectivity index (χ1v) is 5.43. The van der Waals surface area contributed by atoms with Crippen LogP contribution < -0.4 is 0 Å². The first kappa shape index (κ1) is 10.3. The predicted octanol–water partition coefficient (Wildman–Crippen LogP) is 2.42. The average molecular weight is 201 g/mol. The zero-order valence-corrected chi connectivity index (χ0v) is 8.77. The minimum atomic E-state index is 0.148. The lowest BCUT2D eigenvalue weighted by molar-refractivity contribution is 0.363. The van der Waals surface area contributed by atoms with Gasteiger partial charge in [-0.3, -0.25) is 4.57 Å². The van der Waals surface area contributed by atoms with Gasteiger partial charge in [-0.1, -0.05) is 13.8 Å². The van der Waals surface area contributed by atoms with Crippen LogP contribution in [-0.4, -0.2) is 20.5 Å². The maximum atomic E-state index is 9.65. The second kappa shape index (κ2) is 4.46. The minimum Gasteiger partial charge on any atom is -0.494 e. The molecule has 0 aromatic carbocycles. The molecule has 74 valence electrons. The maximum absolute atomic E-state index is 9.65. The molecule has 0 bridgehead atoms. The zero-order chi connectivity index (χ0) is 9.84. The van der Waals surface area contributed by atoms with Crippen molar-refractivity contribution in [2.45, 2.75) is 31.7 Å². The summed E-state index contributed by atoms with van der Waals surface area (Å²) in [6.07, 6.45) is 0.895. The van der Waals surface area contributed by atoms with Crippen molar-refractivity contribution in [1.29, 1.82) is 0 Å². The Hall–Kier alpha value is -0.770. The molecule has 0 saturated heterocycles. The Morgan fingerprint density at radius 2 is 2.08 bits per heavy atom. The Bertz CT molecular complexity index is 283. The molecule has 13 heavy (non-hydrogen) atoms. The van der Waals surface area contributed by atoms with E-state index >= 15 is 0 Å². The van der Waals surface area contributed by atoms with Gasteiger partial charge in [-0.25, -0.2) is 0 Å². The van der Waals surface area contributed by atoms with Gasteiger partial charge in [0.25, 0.3) is 0 Å².